The molecule has 0 radical (unpaired) electrons. The molecule has 8 heterocycles. The number of nitrogens with zero attached hydrogens (tertiary/aromatic N) is 4. The number of hydrogen-bond donors (Lipinski definition) is 2. The molecular formula is C38H44N6O2. The van der Waals surface area contributed by atoms with E-state index >= 15 is 0 Å². The number of fused-ring (bicyclic) bond motifs is 6. The molecule has 6 saturated heterocycles. The summed E-state index contributed by atoms with van der Waals surface area (Å²) in [5.74, 6) is 0.798. The third-order valence-electron chi connectivity index (χ3n) is 11.0. The first-order valence-corrected chi connectivity index (χ1v) is 17.1. The molecule has 2 aromatic heterocycles. The Morgan fingerprint density at radius 1 is 0.587 bits per heavy atom. The number of aryl methyl sites for hydroxylation is 2. The number of carbonyl (C=O) groups excluding carboxylic acids is 2. The van der Waals surface area contributed by atoms with E-state index in [4.69, 9.17) is 0 Å². The van der Waals surface area contributed by atoms with Crippen LogP contribution in [0.5, 0.6) is 0 Å². The van der Waals surface area contributed by atoms with Crippen molar-refractivity contribution >= 4 is 11.8 Å². The average Bonchev–Trinajstić information content (AvgIpc) is 3.71. The largest absolute Gasteiger partial charge is 0.346 e. The van der Waals surface area contributed by atoms with Gasteiger partial charge in [0.15, 0.2) is 0 Å². The van der Waals surface area contributed by atoms with Crippen molar-refractivity contribution in [3.05, 3.63) is 95.3 Å². The monoisotopic (exact) mass is 616 g/mol. The molecule has 0 spiro atoms. The van der Waals surface area contributed by atoms with Crippen LogP contribution in [0.4, 0.5) is 0 Å². The summed E-state index contributed by atoms with van der Waals surface area (Å²) >= 11 is 0. The Morgan fingerprint density at radius 3 is 1.54 bits per heavy atom. The first-order chi connectivity index (χ1) is 22.4. The maximum absolute atomic E-state index is 14.3. The molecule has 0 unspecified atom stereocenters. The van der Waals surface area contributed by atoms with Crippen molar-refractivity contribution in [2.24, 2.45) is 11.8 Å². The van der Waals surface area contributed by atoms with Crippen LogP contribution in [0.2, 0.25) is 0 Å². The highest BCUT2D eigenvalue weighted by atomic mass is 16.2. The van der Waals surface area contributed by atoms with Crippen LogP contribution in [0, 0.1) is 25.7 Å². The molecule has 6 aliphatic rings. The summed E-state index contributed by atoms with van der Waals surface area (Å²) in [4.78, 5) is 33.6. The Morgan fingerprint density at radius 2 is 1.09 bits per heavy atom. The summed E-state index contributed by atoms with van der Waals surface area (Å²) in [6, 6.07) is 24.9. The maximum atomic E-state index is 14.3. The summed E-state index contributed by atoms with van der Waals surface area (Å²) < 4.78 is 3.95. The second-order valence-corrected chi connectivity index (χ2v) is 14.0. The molecule has 2 amide bonds. The van der Waals surface area contributed by atoms with Crippen LogP contribution in [0.3, 0.4) is 0 Å². The first-order valence-electron chi connectivity index (χ1n) is 17.1. The van der Waals surface area contributed by atoms with E-state index in [-0.39, 0.29) is 23.9 Å². The van der Waals surface area contributed by atoms with Crippen molar-refractivity contribution in [1.29, 1.82) is 0 Å². The average molecular weight is 617 g/mol. The second-order valence-electron chi connectivity index (χ2n) is 14.0. The molecule has 2 aromatic carbocycles. The van der Waals surface area contributed by atoms with Gasteiger partial charge in [-0.15, -0.1) is 0 Å². The molecule has 4 bridgehead atoms. The molecule has 238 valence electrons. The zero-order valence-electron chi connectivity index (χ0n) is 26.9. The van der Waals surface area contributed by atoms with Crippen molar-refractivity contribution in [1.82, 2.24) is 29.8 Å². The van der Waals surface area contributed by atoms with Crippen LogP contribution in [0.1, 0.15) is 57.8 Å². The van der Waals surface area contributed by atoms with Crippen LogP contribution < -0.4 is 10.6 Å². The number of nitrogens with one attached hydrogen (secondary N) is 2. The Bertz CT molecular complexity index is 1750. The van der Waals surface area contributed by atoms with Gasteiger partial charge in [-0.25, -0.2) is 9.35 Å². The molecule has 8 nitrogen and oxygen atoms in total. The lowest BCUT2D eigenvalue weighted by Gasteiger charge is -2.45. The fourth-order valence-corrected chi connectivity index (χ4v) is 8.34. The van der Waals surface area contributed by atoms with Gasteiger partial charge in [0.25, 0.3) is 11.8 Å². The highest BCUT2D eigenvalue weighted by Crippen LogP contribution is 2.33. The zero-order chi connectivity index (χ0) is 31.4. The van der Waals surface area contributed by atoms with Gasteiger partial charge in [-0.1, -0.05) is 53.6 Å². The molecular weight excluding hydrogens is 572 g/mol. The predicted octanol–water partition coefficient (Wildman–Crippen LogP) is 5.20. The van der Waals surface area contributed by atoms with E-state index < -0.39 is 0 Å². The summed E-state index contributed by atoms with van der Waals surface area (Å²) in [6.45, 7) is 10.4. The first kappa shape index (κ1) is 29.3. The van der Waals surface area contributed by atoms with E-state index in [2.05, 4.69) is 76.7 Å². The molecule has 2 atom stereocenters. The topological polar surface area (TPSA) is 74.5 Å². The molecule has 10 rings (SSSR count). The van der Waals surface area contributed by atoms with Crippen LogP contribution >= 0.6 is 0 Å². The van der Waals surface area contributed by atoms with Crippen molar-refractivity contribution in [3.8, 4) is 22.5 Å². The van der Waals surface area contributed by atoms with Crippen molar-refractivity contribution in [2.45, 2.75) is 51.6 Å². The highest BCUT2D eigenvalue weighted by molar-refractivity contribution is 5.96. The zero-order valence-corrected chi connectivity index (χ0v) is 26.9. The standard InChI is InChI=1S/C38H44N6O2/c1-25-6-8-29(9-7-25)33-10-12-35(37(45)39-31-23-41-18-14-27(31)15-19-41)43(33)44-34(30-5-3-4-26(2)22-30)11-13-36(44)38(46)40-32-24-42-20-16-28(32)17-21-42/h3-13,22,27-28,31-32H,14-21,23-24H2,1-2H3,(H,39,45)(H,40,46)/t31-,32-/m0/s1. The van der Waals surface area contributed by atoms with Crippen LogP contribution in [0.25, 0.3) is 22.5 Å². The number of carbonyl (C=O) groups is 2. The fraction of sp³-hybridized carbons (Fsp3) is 0.421. The van der Waals surface area contributed by atoms with Gasteiger partial charge in [-0.2, -0.15) is 0 Å². The smallest absolute Gasteiger partial charge is 0.270 e. The van der Waals surface area contributed by atoms with Gasteiger partial charge < -0.3 is 20.4 Å². The molecule has 0 aliphatic carbocycles. The molecule has 46 heavy (non-hydrogen) atoms. The van der Waals surface area contributed by atoms with Gasteiger partial charge in [-0.3, -0.25) is 9.59 Å². The van der Waals surface area contributed by atoms with Crippen molar-refractivity contribution in [2.75, 3.05) is 39.3 Å². The molecule has 4 aromatic rings. The van der Waals surface area contributed by atoms with Crippen molar-refractivity contribution < 1.29 is 9.59 Å². The number of piperidine rings is 6. The Hall–Kier alpha value is -4.14. The van der Waals surface area contributed by atoms with E-state index in [0.29, 0.717) is 23.2 Å². The molecule has 0 saturated carbocycles. The Kier molecular flexibility index (Phi) is 7.57. The molecule has 2 N–H and O–H groups in total. The minimum Gasteiger partial charge on any atom is -0.346 e. The summed E-state index contributed by atoms with van der Waals surface area (Å²) in [6.07, 6.45) is 4.50. The van der Waals surface area contributed by atoms with E-state index in [0.717, 1.165) is 93.0 Å². The van der Waals surface area contributed by atoms with Gasteiger partial charge in [0.05, 0.1) is 11.4 Å². The van der Waals surface area contributed by atoms with Crippen LogP contribution in [0.15, 0.2) is 72.8 Å². The van der Waals surface area contributed by atoms with E-state index in [1.165, 1.54) is 5.56 Å². The van der Waals surface area contributed by atoms with Gasteiger partial charge in [0.1, 0.15) is 11.4 Å². The molecule has 6 fully saturated rings. The van der Waals surface area contributed by atoms with E-state index in [1.54, 1.807) is 0 Å². The SMILES string of the molecule is Cc1ccc(-c2ccc(C(=O)N[C@H]3CN4CCC3CC4)n2-n2c(C(=O)N[C@H]3CN4CCC3CC4)ccc2-c2cccc(C)c2)cc1. The summed E-state index contributed by atoms with van der Waals surface area (Å²) in [5, 5.41) is 6.85. The van der Waals surface area contributed by atoms with Crippen molar-refractivity contribution in [3.63, 3.8) is 0 Å². The number of hydrogen-bond acceptors (Lipinski definition) is 4. The molecule has 8 heteroatoms. The quantitative estimate of drug-likeness (QED) is 0.300. The Balaban J connectivity index is 1.25. The van der Waals surface area contributed by atoms with Gasteiger partial charge in [0.2, 0.25) is 0 Å². The number of benzene rings is 2. The normalized spacial score (nSPS) is 26.7. The minimum absolute atomic E-state index is 0.107. The van der Waals surface area contributed by atoms with E-state index in [1.807, 2.05) is 39.7 Å². The minimum atomic E-state index is -0.107. The van der Waals surface area contributed by atoms with Gasteiger partial charge in [0, 0.05) is 36.3 Å². The number of aromatic nitrogens is 2. The van der Waals surface area contributed by atoms with E-state index in [9.17, 15) is 9.59 Å². The van der Waals surface area contributed by atoms with Gasteiger partial charge >= 0.3 is 0 Å². The lowest BCUT2D eigenvalue weighted by Crippen LogP contribution is -2.57. The lowest BCUT2D eigenvalue weighted by atomic mass is 9.84. The third kappa shape index (κ3) is 5.37. The number of rotatable bonds is 7. The van der Waals surface area contributed by atoms with Gasteiger partial charge in [-0.05, 0) is 108 Å². The third-order valence-corrected chi connectivity index (χ3v) is 11.0. The fourth-order valence-electron chi connectivity index (χ4n) is 8.34. The Labute approximate surface area is 271 Å². The van der Waals surface area contributed by atoms with Crippen LogP contribution in [-0.4, -0.2) is 82.3 Å². The number of amides is 2. The summed E-state index contributed by atoms with van der Waals surface area (Å²) in [5.41, 5.74) is 7.05. The molecule has 6 aliphatic heterocycles. The van der Waals surface area contributed by atoms with Crippen LogP contribution in [-0.2, 0) is 0 Å². The predicted molar refractivity (Wildman–Crippen MR) is 181 cm³/mol. The maximum Gasteiger partial charge on any atom is 0.270 e. The summed E-state index contributed by atoms with van der Waals surface area (Å²) in [7, 11) is 0. The highest BCUT2D eigenvalue weighted by Gasteiger charge is 2.37. The lowest BCUT2D eigenvalue weighted by molar-refractivity contribution is 0.0606. The second kappa shape index (κ2) is 11.9.